The van der Waals surface area contributed by atoms with Gasteiger partial charge in [0.1, 0.15) is 0 Å². The topological polar surface area (TPSA) is 89.3 Å². The van der Waals surface area contributed by atoms with Crippen molar-refractivity contribution in [3.05, 3.63) is 66.2 Å². The zero-order valence-corrected chi connectivity index (χ0v) is 11.9. The summed E-state index contributed by atoms with van der Waals surface area (Å²) >= 11 is 0. The Kier molecular flexibility index (Phi) is 4.39. The summed E-state index contributed by atoms with van der Waals surface area (Å²) < 4.78 is 27.0. The van der Waals surface area contributed by atoms with Crippen molar-refractivity contribution >= 4 is 27.7 Å². The highest BCUT2D eigenvalue weighted by Gasteiger charge is 2.13. The van der Waals surface area contributed by atoms with Crippen LogP contribution in [0.1, 0.15) is 5.56 Å². The molecule has 0 atom stereocenters. The van der Waals surface area contributed by atoms with Crippen LogP contribution in [-0.2, 0) is 14.8 Å². The molecule has 0 heterocycles. The highest BCUT2D eigenvalue weighted by Crippen LogP contribution is 2.17. The van der Waals surface area contributed by atoms with E-state index in [2.05, 4.69) is 4.72 Å². The Hall–Kier alpha value is -2.60. The first-order valence-electron chi connectivity index (χ1n) is 6.13. The zero-order chi connectivity index (χ0) is 15.3. The third-order valence-electron chi connectivity index (χ3n) is 2.63. The van der Waals surface area contributed by atoms with E-state index in [0.717, 1.165) is 0 Å². The van der Waals surface area contributed by atoms with Gasteiger partial charge < -0.3 is 5.73 Å². The Labute approximate surface area is 123 Å². The molecule has 0 saturated carbocycles. The average molecular weight is 302 g/mol. The molecule has 6 heteroatoms. The second-order valence-corrected chi connectivity index (χ2v) is 5.96. The molecule has 21 heavy (non-hydrogen) atoms. The first-order valence-corrected chi connectivity index (χ1v) is 7.61. The zero-order valence-electron chi connectivity index (χ0n) is 11.1. The molecule has 0 unspecified atom stereocenters. The first-order chi connectivity index (χ1) is 9.97. The average Bonchev–Trinajstić information content (AvgIpc) is 2.46. The van der Waals surface area contributed by atoms with Crippen LogP contribution in [0.3, 0.4) is 0 Å². The van der Waals surface area contributed by atoms with Gasteiger partial charge in [0.25, 0.3) is 10.0 Å². The Morgan fingerprint density at radius 3 is 2.43 bits per heavy atom. The largest absolute Gasteiger partial charge is 0.366 e. The number of anilines is 1. The number of carbonyl (C=O) groups is 1. The number of carbonyl (C=O) groups excluding carboxylic acids is 1. The van der Waals surface area contributed by atoms with E-state index in [1.165, 1.54) is 24.3 Å². The predicted octanol–water partition coefficient (Wildman–Crippen LogP) is 1.99. The minimum atomic E-state index is -3.67. The van der Waals surface area contributed by atoms with Crippen LogP contribution in [0.5, 0.6) is 0 Å². The number of para-hydroxylation sites is 1. The predicted molar refractivity (Wildman–Crippen MR) is 81.9 cm³/mol. The third kappa shape index (κ3) is 4.19. The van der Waals surface area contributed by atoms with Crippen molar-refractivity contribution in [1.82, 2.24) is 0 Å². The summed E-state index contributed by atoms with van der Waals surface area (Å²) in [5, 5.41) is 0. The van der Waals surface area contributed by atoms with Crippen molar-refractivity contribution in [1.29, 1.82) is 0 Å². The van der Waals surface area contributed by atoms with Gasteiger partial charge in [-0.1, -0.05) is 30.3 Å². The van der Waals surface area contributed by atoms with E-state index in [1.54, 1.807) is 42.5 Å². The maximum atomic E-state index is 12.3. The van der Waals surface area contributed by atoms with Crippen molar-refractivity contribution in [2.24, 2.45) is 5.73 Å². The molecule has 0 aliphatic heterocycles. The fourth-order valence-corrected chi connectivity index (χ4v) is 2.80. The highest BCUT2D eigenvalue weighted by molar-refractivity contribution is 7.92. The number of primary amides is 1. The van der Waals surface area contributed by atoms with E-state index in [0.29, 0.717) is 11.3 Å². The summed E-state index contributed by atoms with van der Waals surface area (Å²) in [7, 11) is -3.67. The van der Waals surface area contributed by atoms with Gasteiger partial charge in [-0.2, -0.15) is 0 Å². The van der Waals surface area contributed by atoms with Crippen LogP contribution in [0, 0.1) is 0 Å². The molecule has 0 radical (unpaired) electrons. The van der Waals surface area contributed by atoms with Gasteiger partial charge in [0.2, 0.25) is 5.91 Å². The minimum absolute atomic E-state index is 0.109. The van der Waals surface area contributed by atoms with Gasteiger partial charge in [0.15, 0.2) is 0 Å². The van der Waals surface area contributed by atoms with Gasteiger partial charge in [-0.3, -0.25) is 9.52 Å². The summed E-state index contributed by atoms with van der Waals surface area (Å²) in [5.41, 5.74) is 6.07. The molecule has 0 bridgehead atoms. The Morgan fingerprint density at radius 2 is 1.76 bits per heavy atom. The molecule has 0 aliphatic rings. The number of nitrogens with one attached hydrogen (secondary N) is 1. The quantitative estimate of drug-likeness (QED) is 0.828. The van der Waals surface area contributed by atoms with E-state index in [4.69, 9.17) is 5.73 Å². The number of hydrogen-bond donors (Lipinski definition) is 2. The van der Waals surface area contributed by atoms with Crippen molar-refractivity contribution in [2.75, 3.05) is 4.72 Å². The standard InChI is InChI=1S/C15H14N2O3S/c16-15(18)10-9-12-5-4-8-14(11-12)21(19,20)17-13-6-2-1-3-7-13/h1-11,17H,(H2,16,18). The highest BCUT2D eigenvalue weighted by atomic mass is 32.2. The lowest BCUT2D eigenvalue weighted by molar-refractivity contribution is -0.113. The monoisotopic (exact) mass is 302 g/mol. The Bertz CT molecular complexity index is 769. The molecule has 0 aromatic heterocycles. The van der Waals surface area contributed by atoms with E-state index >= 15 is 0 Å². The molecule has 2 aromatic rings. The minimum Gasteiger partial charge on any atom is -0.366 e. The van der Waals surface area contributed by atoms with Crippen molar-refractivity contribution in [3.63, 3.8) is 0 Å². The first kappa shape index (κ1) is 14.8. The normalized spacial score (nSPS) is 11.4. The van der Waals surface area contributed by atoms with Crippen LogP contribution in [0.15, 0.2) is 65.6 Å². The maximum absolute atomic E-state index is 12.3. The summed E-state index contributed by atoms with van der Waals surface area (Å²) in [4.78, 5) is 10.8. The van der Waals surface area contributed by atoms with Gasteiger partial charge in [-0.25, -0.2) is 8.42 Å². The summed E-state index contributed by atoms with van der Waals surface area (Å²) in [6.07, 6.45) is 2.64. The lowest BCUT2D eigenvalue weighted by Gasteiger charge is -2.08. The van der Waals surface area contributed by atoms with Gasteiger partial charge >= 0.3 is 0 Å². The van der Waals surface area contributed by atoms with Crippen LogP contribution < -0.4 is 10.5 Å². The van der Waals surface area contributed by atoms with Crippen LogP contribution >= 0.6 is 0 Å². The molecule has 0 saturated heterocycles. The molecule has 1 amide bonds. The number of sulfonamides is 1. The Morgan fingerprint density at radius 1 is 1.05 bits per heavy atom. The Balaban J connectivity index is 2.28. The van der Waals surface area contributed by atoms with E-state index in [1.807, 2.05) is 0 Å². The van der Waals surface area contributed by atoms with Crippen molar-refractivity contribution in [3.8, 4) is 0 Å². The molecule has 2 rings (SSSR count). The second-order valence-electron chi connectivity index (χ2n) is 4.28. The fraction of sp³-hybridized carbons (Fsp3) is 0. The number of hydrogen-bond acceptors (Lipinski definition) is 3. The van der Waals surface area contributed by atoms with Crippen LogP contribution in [-0.4, -0.2) is 14.3 Å². The maximum Gasteiger partial charge on any atom is 0.261 e. The molecular weight excluding hydrogens is 288 g/mol. The van der Waals surface area contributed by atoms with Gasteiger partial charge in [0.05, 0.1) is 4.90 Å². The summed E-state index contributed by atoms with van der Waals surface area (Å²) in [6.45, 7) is 0. The molecule has 108 valence electrons. The fourth-order valence-electron chi connectivity index (χ4n) is 1.68. The number of nitrogens with two attached hydrogens (primary N) is 1. The molecular formula is C15H14N2O3S. The van der Waals surface area contributed by atoms with Gasteiger partial charge in [0, 0.05) is 11.8 Å². The van der Waals surface area contributed by atoms with E-state index in [-0.39, 0.29) is 4.90 Å². The van der Waals surface area contributed by atoms with Crippen LogP contribution in [0.2, 0.25) is 0 Å². The molecule has 3 N–H and O–H groups in total. The second kappa shape index (κ2) is 6.23. The smallest absolute Gasteiger partial charge is 0.261 e. The lowest BCUT2D eigenvalue weighted by Crippen LogP contribution is -2.12. The number of benzene rings is 2. The molecule has 0 aliphatic carbocycles. The lowest BCUT2D eigenvalue weighted by atomic mass is 10.2. The number of amides is 1. The molecule has 0 spiro atoms. The van der Waals surface area contributed by atoms with Crippen LogP contribution in [0.25, 0.3) is 6.08 Å². The molecule has 0 fully saturated rings. The van der Waals surface area contributed by atoms with Crippen LogP contribution in [0.4, 0.5) is 5.69 Å². The summed E-state index contributed by atoms with van der Waals surface area (Å²) in [5.74, 6) is -0.592. The molecule has 5 nitrogen and oxygen atoms in total. The van der Waals surface area contributed by atoms with E-state index in [9.17, 15) is 13.2 Å². The van der Waals surface area contributed by atoms with E-state index < -0.39 is 15.9 Å². The van der Waals surface area contributed by atoms with Crippen molar-refractivity contribution in [2.45, 2.75) is 4.90 Å². The SMILES string of the molecule is NC(=O)C=Cc1cccc(S(=O)(=O)Nc2ccccc2)c1. The summed E-state index contributed by atoms with van der Waals surface area (Å²) in [6, 6.07) is 14.8. The third-order valence-corrected chi connectivity index (χ3v) is 4.01. The van der Waals surface area contributed by atoms with Crippen molar-refractivity contribution < 1.29 is 13.2 Å². The van der Waals surface area contributed by atoms with Gasteiger partial charge in [-0.15, -0.1) is 0 Å². The molecule has 2 aromatic carbocycles. The van der Waals surface area contributed by atoms with Gasteiger partial charge in [-0.05, 0) is 35.9 Å². The number of rotatable bonds is 5.